The Labute approximate surface area is 162 Å². The van der Waals surface area contributed by atoms with Crippen LogP contribution in [0, 0.1) is 0 Å². The van der Waals surface area contributed by atoms with Gasteiger partial charge >= 0.3 is 6.03 Å². The van der Waals surface area contributed by atoms with Gasteiger partial charge in [0.05, 0.1) is 0 Å². The maximum absolute atomic E-state index is 11.9. The maximum Gasteiger partial charge on any atom is 0.317 e. The van der Waals surface area contributed by atoms with Crippen molar-refractivity contribution < 1.29 is 9.59 Å². The van der Waals surface area contributed by atoms with E-state index >= 15 is 0 Å². The van der Waals surface area contributed by atoms with Gasteiger partial charge in [-0.25, -0.2) is 4.79 Å². The van der Waals surface area contributed by atoms with Crippen molar-refractivity contribution in [2.45, 2.75) is 25.8 Å². The highest BCUT2D eigenvalue weighted by molar-refractivity contribution is 5.98. The number of Topliss-reactive ketones (excluding diaryl/α,β-unsaturated/α-hetero) is 1. The summed E-state index contributed by atoms with van der Waals surface area (Å²) in [5.74, 6) is -0.0625. The predicted molar refractivity (Wildman–Crippen MR) is 112 cm³/mol. The van der Waals surface area contributed by atoms with Crippen LogP contribution in [-0.4, -0.2) is 56.2 Å². The fraction of sp³-hybridized carbons (Fsp3) is 0.381. The normalized spacial score (nSPS) is 20.0. The highest BCUT2D eigenvalue weighted by Crippen LogP contribution is 2.34. The second-order valence-electron chi connectivity index (χ2n) is 6.74. The predicted octanol–water partition coefficient (Wildman–Crippen LogP) is 2.78. The smallest absolute Gasteiger partial charge is 0.317 e. The molecule has 1 aliphatic rings. The molecule has 0 spiro atoms. The van der Waals surface area contributed by atoms with Gasteiger partial charge in [0.2, 0.25) is 0 Å². The number of carbonyl (C=O) groups excluding carboxylic acids is 2. The van der Waals surface area contributed by atoms with Gasteiger partial charge in [-0.3, -0.25) is 9.79 Å². The second-order valence-corrected chi connectivity index (χ2v) is 6.74. The van der Waals surface area contributed by atoms with Crippen molar-refractivity contribution in [2.75, 3.05) is 27.7 Å². The third-order valence-electron chi connectivity index (χ3n) is 4.56. The highest BCUT2D eigenvalue weighted by atomic mass is 16.2. The molecule has 146 valence electrons. The van der Waals surface area contributed by atoms with Crippen LogP contribution in [0.25, 0.3) is 0 Å². The molecule has 1 rings (SSSR count). The first-order valence-corrected chi connectivity index (χ1v) is 8.77. The number of nitrogens with one attached hydrogen (secondary N) is 2. The lowest BCUT2D eigenvalue weighted by Gasteiger charge is -2.35. The van der Waals surface area contributed by atoms with Crippen molar-refractivity contribution in [3.8, 4) is 0 Å². The standard InChI is InChI=1S/C21H30N4O2/c1-8-23-14-18(10-12-24-20(27)25(6)7)17-9-11-21(4,22-5)19(13-17)15(2)16(3)26/h8-10,13-14,22H,1-2,11-12H2,3-7H3,(H,24,27)/b18-10+,23-14?. The Balaban J connectivity index is 3.23. The molecular weight excluding hydrogens is 340 g/mol. The van der Waals surface area contributed by atoms with E-state index in [0.717, 1.165) is 16.7 Å². The van der Waals surface area contributed by atoms with Crippen molar-refractivity contribution >= 4 is 18.0 Å². The molecule has 0 aromatic rings. The van der Waals surface area contributed by atoms with E-state index in [1.165, 1.54) is 18.0 Å². The average molecular weight is 370 g/mol. The molecule has 27 heavy (non-hydrogen) atoms. The van der Waals surface area contributed by atoms with Crippen LogP contribution in [0.3, 0.4) is 0 Å². The zero-order valence-electron chi connectivity index (χ0n) is 16.9. The molecule has 1 aliphatic carbocycles. The van der Waals surface area contributed by atoms with Crippen molar-refractivity contribution in [3.05, 3.63) is 59.9 Å². The molecule has 0 radical (unpaired) electrons. The molecule has 2 N–H and O–H groups in total. The molecule has 0 saturated heterocycles. The van der Waals surface area contributed by atoms with E-state index in [2.05, 4.69) is 34.9 Å². The molecule has 0 aromatic heterocycles. The molecule has 0 aliphatic heterocycles. The summed E-state index contributed by atoms with van der Waals surface area (Å²) in [6, 6.07) is -0.173. The van der Waals surface area contributed by atoms with Crippen LogP contribution in [0.2, 0.25) is 0 Å². The van der Waals surface area contributed by atoms with Crippen LogP contribution in [0.15, 0.2) is 64.9 Å². The van der Waals surface area contributed by atoms with Gasteiger partial charge in [0, 0.05) is 44.2 Å². The lowest BCUT2D eigenvalue weighted by Crippen LogP contribution is -2.43. The minimum absolute atomic E-state index is 0.0625. The zero-order chi connectivity index (χ0) is 20.6. The maximum atomic E-state index is 11.9. The fourth-order valence-electron chi connectivity index (χ4n) is 2.63. The van der Waals surface area contributed by atoms with Gasteiger partial charge in [-0.1, -0.05) is 25.3 Å². The SMILES string of the molecule is C=CN=C/C(=C\CNC(=O)N(C)C)C1=CCC(C)(NC)C(C(=C)C(C)=O)=C1. The van der Waals surface area contributed by atoms with Gasteiger partial charge in [-0.2, -0.15) is 0 Å². The lowest BCUT2D eigenvalue weighted by atomic mass is 9.77. The van der Waals surface area contributed by atoms with E-state index < -0.39 is 0 Å². The Hall–Kier alpha value is -2.73. The summed E-state index contributed by atoms with van der Waals surface area (Å²) < 4.78 is 0. The van der Waals surface area contributed by atoms with Gasteiger partial charge < -0.3 is 15.5 Å². The van der Waals surface area contributed by atoms with Crippen LogP contribution in [0.1, 0.15) is 20.3 Å². The van der Waals surface area contributed by atoms with Crippen molar-refractivity contribution in [1.82, 2.24) is 15.5 Å². The summed E-state index contributed by atoms with van der Waals surface area (Å²) in [6.45, 7) is 11.5. The quantitative estimate of drug-likeness (QED) is 0.510. The molecule has 0 aromatic carbocycles. The molecule has 1 unspecified atom stereocenters. The van der Waals surface area contributed by atoms with E-state index in [1.54, 1.807) is 20.3 Å². The molecule has 2 amide bonds. The zero-order valence-corrected chi connectivity index (χ0v) is 16.9. The molecule has 0 bridgehead atoms. The summed E-state index contributed by atoms with van der Waals surface area (Å²) in [4.78, 5) is 29.2. The highest BCUT2D eigenvalue weighted by Gasteiger charge is 2.32. The summed E-state index contributed by atoms with van der Waals surface area (Å²) >= 11 is 0. The van der Waals surface area contributed by atoms with Crippen molar-refractivity contribution in [3.63, 3.8) is 0 Å². The Kier molecular flexibility index (Phi) is 8.12. The van der Waals surface area contributed by atoms with Crippen LogP contribution in [0.5, 0.6) is 0 Å². The molecule has 0 heterocycles. The Morgan fingerprint density at radius 1 is 1.41 bits per heavy atom. The summed E-state index contributed by atoms with van der Waals surface area (Å²) in [5, 5.41) is 6.08. The average Bonchev–Trinajstić information content (AvgIpc) is 2.64. The number of nitrogens with zero attached hydrogens (tertiary/aromatic N) is 2. The van der Waals surface area contributed by atoms with E-state index in [4.69, 9.17) is 0 Å². The number of hydrogen-bond acceptors (Lipinski definition) is 4. The van der Waals surface area contributed by atoms with Gasteiger partial charge in [0.1, 0.15) is 0 Å². The number of hydrogen-bond donors (Lipinski definition) is 2. The van der Waals surface area contributed by atoms with Crippen molar-refractivity contribution in [2.24, 2.45) is 4.99 Å². The van der Waals surface area contributed by atoms with Crippen molar-refractivity contribution in [1.29, 1.82) is 0 Å². The van der Waals surface area contributed by atoms with E-state index in [0.29, 0.717) is 18.5 Å². The monoisotopic (exact) mass is 370 g/mol. The van der Waals surface area contributed by atoms with Gasteiger partial charge in [0.25, 0.3) is 0 Å². The number of rotatable bonds is 8. The summed E-state index contributed by atoms with van der Waals surface area (Å²) in [6.07, 6.45) is 9.76. The molecule has 0 saturated carbocycles. The largest absolute Gasteiger partial charge is 0.335 e. The van der Waals surface area contributed by atoms with Gasteiger partial charge in [-0.15, -0.1) is 0 Å². The lowest BCUT2D eigenvalue weighted by molar-refractivity contribution is -0.113. The van der Waals surface area contributed by atoms with Gasteiger partial charge in [0.15, 0.2) is 5.78 Å². The van der Waals surface area contributed by atoms with E-state index in [-0.39, 0.29) is 17.4 Å². The first-order valence-electron chi connectivity index (χ1n) is 8.77. The number of ketones is 1. The Bertz CT molecular complexity index is 741. The number of likely N-dealkylation sites (N-methyl/N-ethyl adjacent to an activating group) is 1. The Morgan fingerprint density at radius 2 is 2.07 bits per heavy atom. The van der Waals surface area contributed by atoms with Crippen LogP contribution in [0.4, 0.5) is 4.79 Å². The molecular formula is C21H30N4O2. The molecule has 1 atom stereocenters. The topological polar surface area (TPSA) is 73.8 Å². The second kappa shape index (κ2) is 9.83. The first kappa shape index (κ1) is 22.3. The minimum atomic E-state index is -0.369. The number of carbonyl (C=O) groups is 2. The molecule has 6 nitrogen and oxygen atoms in total. The van der Waals surface area contributed by atoms with E-state index in [1.807, 2.05) is 26.1 Å². The van der Waals surface area contributed by atoms with Gasteiger partial charge in [-0.05, 0) is 50.1 Å². The number of urea groups is 1. The molecule has 0 fully saturated rings. The van der Waals surface area contributed by atoms with Crippen LogP contribution < -0.4 is 10.6 Å². The Morgan fingerprint density at radius 3 is 2.59 bits per heavy atom. The minimum Gasteiger partial charge on any atom is -0.335 e. The van der Waals surface area contributed by atoms with E-state index in [9.17, 15) is 9.59 Å². The first-order chi connectivity index (χ1) is 12.7. The summed E-state index contributed by atoms with van der Waals surface area (Å²) in [7, 11) is 5.24. The fourth-order valence-corrected chi connectivity index (χ4v) is 2.63. The number of amides is 2. The van der Waals surface area contributed by atoms with Crippen LogP contribution >= 0.6 is 0 Å². The number of allylic oxidation sites excluding steroid dienone is 3. The third kappa shape index (κ3) is 5.89. The third-order valence-corrected chi connectivity index (χ3v) is 4.56. The van der Waals surface area contributed by atoms with Crippen LogP contribution in [-0.2, 0) is 4.79 Å². The summed E-state index contributed by atoms with van der Waals surface area (Å²) in [5.41, 5.74) is 2.72. The molecule has 6 heteroatoms. The number of aliphatic imine (C=N–C) groups is 1.